The number of amides is 1. The summed E-state index contributed by atoms with van der Waals surface area (Å²) in [6, 6.07) is 17.1. The maximum Gasteiger partial charge on any atom is 0.407 e. The number of methoxy groups -OCH3 is 1. The summed E-state index contributed by atoms with van der Waals surface area (Å²) >= 11 is 0. The lowest BCUT2D eigenvalue weighted by Gasteiger charge is -2.05. The van der Waals surface area contributed by atoms with E-state index in [4.69, 9.17) is 4.74 Å². The molecular formula is C20H21NO4. The lowest BCUT2D eigenvalue weighted by molar-refractivity contribution is -0.139. The van der Waals surface area contributed by atoms with Crippen LogP contribution in [0.5, 0.6) is 0 Å². The van der Waals surface area contributed by atoms with E-state index in [1.54, 1.807) is 0 Å². The van der Waals surface area contributed by atoms with Crippen LogP contribution in [0.25, 0.3) is 6.08 Å². The zero-order valence-corrected chi connectivity index (χ0v) is 14.1. The van der Waals surface area contributed by atoms with Crippen molar-refractivity contribution in [3.63, 3.8) is 0 Å². The maximum absolute atomic E-state index is 11.6. The number of carbonyl (C=O) groups excluding carboxylic acids is 2. The molecule has 130 valence electrons. The van der Waals surface area contributed by atoms with E-state index in [1.165, 1.54) is 7.11 Å². The number of esters is 1. The Labute approximate surface area is 147 Å². The highest BCUT2D eigenvalue weighted by molar-refractivity contribution is 5.72. The monoisotopic (exact) mass is 339 g/mol. The molecule has 1 N–H and O–H groups in total. The Morgan fingerprint density at radius 3 is 2.56 bits per heavy atom. The van der Waals surface area contributed by atoms with Gasteiger partial charge in [0.05, 0.1) is 13.5 Å². The molecule has 0 aromatic heterocycles. The van der Waals surface area contributed by atoms with Gasteiger partial charge in [-0.05, 0) is 16.7 Å². The Hall–Kier alpha value is -3.08. The summed E-state index contributed by atoms with van der Waals surface area (Å²) in [7, 11) is 1.37. The molecule has 1 amide bonds. The number of alkyl carbamates (subject to hydrolysis) is 1. The number of rotatable bonds is 7. The van der Waals surface area contributed by atoms with Crippen molar-refractivity contribution in [1.29, 1.82) is 0 Å². The molecule has 0 aliphatic rings. The number of carbonyl (C=O) groups is 2. The molecule has 0 bridgehead atoms. The number of hydrogen-bond donors (Lipinski definition) is 1. The summed E-state index contributed by atoms with van der Waals surface area (Å²) in [6.45, 7) is 0.598. The molecule has 0 spiro atoms. The first-order valence-corrected chi connectivity index (χ1v) is 7.94. The van der Waals surface area contributed by atoms with E-state index in [1.807, 2.05) is 66.7 Å². The number of nitrogens with one attached hydrogen (secondary N) is 1. The van der Waals surface area contributed by atoms with Gasteiger partial charge in [-0.25, -0.2) is 4.79 Å². The fraction of sp³-hybridized carbons (Fsp3) is 0.200. The second-order valence-electron chi connectivity index (χ2n) is 5.34. The highest BCUT2D eigenvalue weighted by Gasteiger charge is 2.03. The van der Waals surface area contributed by atoms with Gasteiger partial charge in [0.2, 0.25) is 0 Å². The minimum Gasteiger partial charge on any atom is -0.469 e. The molecule has 25 heavy (non-hydrogen) atoms. The summed E-state index contributed by atoms with van der Waals surface area (Å²) in [5, 5.41) is 2.66. The first-order chi connectivity index (χ1) is 12.2. The van der Waals surface area contributed by atoms with E-state index < -0.39 is 6.09 Å². The van der Waals surface area contributed by atoms with Crippen molar-refractivity contribution in [2.75, 3.05) is 13.7 Å². The SMILES string of the molecule is COC(=O)Cc1cccc(C=CCNC(=O)OCc2ccccc2)c1. The third-order valence-corrected chi connectivity index (χ3v) is 3.41. The molecule has 2 rings (SSSR count). The van der Waals surface area contributed by atoms with E-state index in [0.29, 0.717) is 6.54 Å². The standard InChI is InChI=1S/C20H21NO4/c1-24-19(22)14-18-10-5-9-16(13-18)11-6-12-21-20(23)25-15-17-7-3-2-4-8-17/h2-11,13H,12,14-15H2,1H3,(H,21,23). The van der Waals surface area contributed by atoms with E-state index in [2.05, 4.69) is 10.1 Å². The molecule has 2 aromatic carbocycles. The van der Waals surface area contributed by atoms with Crippen LogP contribution >= 0.6 is 0 Å². The molecule has 0 heterocycles. The topological polar surface area (TPSA) is 64.6 Å². The van der Waals surface area contributed by atoms with Crippen LogP contribution in [0, 0.1) is 0 Å². The van der Waals surface area contributed by atoms with Gasteiger partial charge < -0.3 is 14.8 Å². The lowest BCUT2D eigenvalue weighted by atomic mass is 10.1. The smallest absolute Gasteiger partial charge is 0.407 e. The predicted octanol–water partition coefficient (Wildman–Crippen LogP) is 3.34. The molecule has 0 fully saturated rings. The number of benzene rings is 2. The van der Waals surface area contributed by atoms with E-state index in [9.17, 15) is 9.59 Å². The van der Waals surface area contributed by atoms with Gasteiger partial charge in [0.1, 0.15) is 6.61 Å². The predicted molar refractivity (Wildman–Crippen MR) is 95.8 cm³/mol. The number of ether oxygens (including phenoxy) is 2. The quantitative estimate of drug-likeness (QED) is 0.786. The zero-order valence-electron chi connectivity index (χ0n) is 14.1. The third-order valence-electron chi connectivity index (χ3n) is 3.41. The second kappa shape index (κ2) is 9.93. The fourth-order valence-electron chi connectivity index (χ4n) is 2.16. The van der Waals surface area contributed by atoms with E-state index in [-0.39, 0.29) is 19.0 Å². The normalized spacial score (nSPS) is 10.4. The van der Waals surface area contributed by atoms with Crippen molar-refractivity contribution in [1.82, 2.24) is 5.32 Å². The van der Waals surface area contributed by atoms with Gasteiger partial charge in [0.25, 0.3) is 0 Å². The van der Waals surface area contributed by atoms with Gasteiger partial charge in [-0.2, -0.15) is 0 Å². The van der Waals surface area contributed by atoms with E-state index >= 15 is 0 Å². The highest BCUT2D eigenvalue weighted by Crippen LogP contribution is 2.08. The van der Waals surface area contributed by atoms with Crippen molar-refractivity contribution in [2.45, 2.75) is 13.0 Å². The van der Waals surface area contributed by atoms with Crippen molar-refractivity contribution >= 4 is 18.1 Å². The van der Waals surface area contributed by atoms with Gasteiger partial charge >= 0.3 is 12.1 Å². The first-order valence-electron chi connectivity index (χ1n) is 7.94. The van der Waals surface area contributed by atoms with Gasteiger partial charge in [-0.1, -0.05) is 66.7 Å². The first kappa shape index (κ1) is 18.3. The molecule has 2 aromatic rings. The highest BCUT2D eigenvalue weighted by atomic mass is 16.5. The molecule has 0 atom stereocenters. The molecule has 5 nitrogen and oxygen atoms in total. The molecular weight excluding hydrogens is 318 g/mol. The van der Waals surface area contributed by atoms with Crippen LogP contribution in [0.4, 0.5) is 4.79 Å². The molecule has 0 saturated heterocycles. The molecule has 0 saturated carbocycles. The Morgan fingerprint density at radius 1 is 1.04 bits per heavy atom. The van der Waals surface area contributed by atoms with Crippen LogP contribution < -0.4 is 5.32 Å². The lowest BCUT2D eigenvalue weighted by Crippen LogP contribution is -2.24. The van der Waals surface area contributed by atoms with Gasteiger partial charge in [0.15, 0.2) is 0 Å². The van der Waals surface area contributed by atoms with Crippen molar-refractivity contribution in [3.8, 4) is 0 Å². The molecule has 0 aliphatic carbocycles. The van der Waals surface area contributed by atoms with Crippen LogP contribution in [-0.2, 0) is 27.3 Å². The van der Waals surface area contributed by atoms with Gasteiger partial charge in [-0.3, -0.25) is 4.79 Å². The number of hydrogen-bond acceptors (Lipinski definition) is 4. The largest absolute Gasteiger partial charge is 0.469 e. The molecule has 0 aliphatic heterocycles. The summed E-state index contributed by atoms with van der Waals surface area (Å²) in [4.78, 5) is 22.9. The molecule has 5 heteroatoms. The van der Waals surface area contributed by atoms with Crippen LogP contribution in [0.15, 0.2) is 60.7 Å². The minimum absolute atomic E-state index is 0.238. The third kappa shape index (κ3) is 6.91. The maximum atomic E-state index is 11.6. The second-order valence-corrected chi connectivity index (χ2v) is 5.34. The summed E-state index contributed by atoms with van der Waals surface area (Å²) in [5.74, 6) is -0.274. The van der Waals surface area contributed by atoms with Crippen molar-refractivity contribution in [3.05, 3.63) is 77.4 Å². The Morgan fingerprint density at radius 2 is 1.80 bits per heavy atom. The fourth-order valence-corrected chi connectivity index (χ4v) is 2.16. The average Bonchev–Trinajstić information content (AvgIpc) is 2.64. The van der Waals surface area contributed by atoms with E-state index in [0.717, 1.165) is 16.7 Å². The Balaban J connectivity index is 1.74. The Bertz CT molecular complexity index is 725. The zero-order chi connectivity index (χ0) is 17.9. The van der Waals surface area contributed by atoms with Crippen molar-refractivity contribution < 1.29 is 19.1 Å². The van der Waals surface area contributed by atoms with Gasteiger partial charge in [0, 0.05) is 6.54 Å². The summed E-state index contributed by atoms with van der Waals surface area (Å²) < 4.78 is 9.78. The minimum atomic E-state index is -0.465. The van der Waals surface area contributed by atoms with Crippen molar-refractivity contribution in [2.24, 2.45) is 0 Å². The summed E-state index contributed by atoms with van der Waals surface area (Å²) in [5.41, 5.74) is 2.76. The van der Waals surface area contributed by atoms with Crippen LogP contribution in [-0.4, -0.2) is 25.7 Å². The molecule has 0 unspecified atom stereocenters. The average molecular weight is 339 g/mol. The van der Waals surface area contributed by atoms with Gasteiger partial charge in [-0.15, -0.1) is 0 Å². The van der Waals surface area contributed by atoms with Crippen LogP contribution in [0.1, 0.15) is 16.7 Å². The Kier molecular flexibility index (Phi) is 7.25. The van der Waals surface area contributed by atoms with Crippen LogP contribution in [0.3, 0.4) is 0 Å². The van der Waals surface area contributed by atoms with Crippen LogP contribution in [0.2, 0.25) is 0 Å². The summed E-state index contributed by atoms with van der Waals surface area (Å²) in [6.07, 6.45) is 3.47. The molecule has 0 radical (unpaired) electrons.